The van der Waals surface area contributed by atoms with Crippen molar-refractivity contribution in [1.82, 2.24) is 5.32 Å². The number of amides is 1. The van der Waals surface area contributed by atoms with Gasteiger partial charge in [0, 0.05) is 12.1 Å². The van der Waals surface area contributed by atoms with Crippen LogP contribution in [0, 0.1) is 5.41 Å². The number of carbonyl (C=O) groups is 1. The zero-order chi connectivity index (χ0) is 10.7. The van der Waals surface area contributed by atoms with Crippen LogP contribution in [-0.2, 0) is 0 Å². The Kier molecular flexibility index (Phi) is 3.72. The highest BCUT2D eigenvalue weighted by molar-refractivity contribution is 5.65. The molecule has 78 valence electrons. The van der Waals surface area contributed by atoms with Gasteiger partial charge in [-0.2, -0.15) is 0 Å². The molecular formula is C9H19NO3. The number of aliphatic hydroxyl groups is 1. The zero-order valence-corrected chi connectivity index (χ0v) is 8.72. The van der Waals surface area contributed by atoms with E-state index in [9.17, 15) is 4.79 Å². The number of hydrogen-bond donors (Lipinski definition) is 3. The van der Waals surface area contributed by atoms with E-state index in [1.807, 2.05) is 13.8 Å². The van der Waals surface area contributed by atoms with Crippen LogP contribution in [-0.4, -0.2) is 28.5 Å². The molecule has 4 heteroatoms. The van der Waals surface area contributed by atoms with Gasteiger partial charge in [-0.25, -0.2) is 4.79 Å². The molecule has 0 unspecified atom stereocenters. The predicted octanol–water partition coefficient (Wildman–Crippen LogP) is 1.44. The number of nitrogens with one attached hydrogen (secondary N) is 1. The molecule has 0 aliphatic carbocycles. The fourth-order valence-corrected chi connectivity index (χ4v) is 1.59. The summed E-state index contributed by atoms with van der Waals surface area (Å²) in [6.45, 7) is 7.46. The van der Waals surface area contributed by atoms with E-state index >= 15 is 0 Å². The molecule has 0 atom stereocenters. The average Bonchev–Trinajstić information content (AvgIpc) is 1.81. The number of rotatable bonds is 4. The standard InChI is InChI=1S/C9H19NO3/c1-8(2,6-11)5-9(3,4)10-7(12)13/h10-11H,5-6H2,1-4H3,(H,12,13). The summed E-state index contributed by atoms with van der Waals surface area (Å²) in [5.41, 5.74) is -0.760. The summed E-state index contributed by atoms with van der Waals surface area (Å²) < 4.78 is 0. The minimum absolute atomic E-state index is 0.0533. The fourth-order valence-electron chi connectivity index (χ4n) is 1.59. The van der Waals surface area contributed by atoms with E-state index in [2.05, 4.69) is 5.32 Å². The van der Waals surface area contributed by atoms with Crippen molar-refractivity contribution in [2.75, 3.05) is 6.61 Å². The van der Waals surface area contributed by atoms with Crippen molar-refractivity contribution in [3.63, 3.8) is 0 Å². The van der Waals surface area contributed by atoms with E-state index in [1.54, 1.807) is 13.8 Å². The Morgan fingerprint density at radius 1 is 1.31 bits per heavy atom. The van der Waals surface area contributed by atoms with Crippen LogP contribution in [0.15, 0.2) is 0 Å². The maximum Gasteiger partial charge on any atom is 0.405 e. The number of aliphatic hydroxyl groups excluding tert-OH is 1. The Hall–Kier alpha value is -0.770. The number of carboxylic acid groups (broad SMARTS) is 1. The van der Waals surface area contributed by atoms with Crippen molar-refractivity contribution in [2.45, 2.75) is 39.7 Å². The minimum Gasteiger partial charge on any atom is -0.465 e. The molecular weight excluding hydrogens is 170 g/mol. The summed E-state index contributed by atoms with van der Waals surface area (Å²) in [5.74, 6) is 0. The third-order valence-corrected chi connectivity index (χ3v) is 1.79. The second-order valence-corrected chi connectivity index (χ2v) is 4.81. The lowest BCUT2D eigenvalue weighted by Gasteiger charge is -2.33. The zero-order valence-electron chi connectivity index (χ0n) is 8.72. The molecule has 0 rings (SSSR count). The fraction of sp³-hybridized carbons (Fsp3) is 0.889. The summed E-state index contributed by atoms with van der Waals surface area (Å²) in [6, 6.07) is 0. The van der Waals surface area contributed by atoms with Gasteiger partial charge in [-0.1, -0.05) is 13.8 Å². The first kappa shape index (κ1) is 12.2. The van der Waals surface area contributed by atoms with Crippen LogP contribution < -0.4 is 5.32 Å². The van der Waals surface area contributed by atoms with Crippen molar-refractivity contribution >= 4 is 6.09 Å². The van der Waals surface area contributed by atoms with Crippen molar-refractivity contribution in [1.29, 1.82) is 0 Å². The van der Waals surface area contributed by atoms with Crippen molar-refractivity contribution < 1.29 is 15.0 Å². The Labute approximate surface area is 79.0 Å². The molecule has 3 N–H and O–H groups in total. The molecule has 1 amide bonds. The van der Waals surface area contributed by atoms with Gasteiger partial charge in [0.15, 0.2) is 0 Å². The van der Waals surface area contributed by atoms with Crippen LogP contribution >= 0.6 is 0 Å². The van der Waals surface area contributed by atoms with Gasteiger partial charge in [-0.15, -0.1) is 0 Å². The van der Waals surface area contributed by atoms with Crippen LogP contribution in [0.1, 0.15) is 34.1 Å². The average molecular weight is 189 g/mol. The first-order chi connectivity index (χ1) is 5.68. The summed E-state index contributed by atoms with van der Waals surface area (Å²) in [4.78, 5) is 10.4. The Balaban J connectivity index is 4.24. The predicted molar refractivity (Wildman–Crippen MR) is 50.7 cm³/mol. The first-order valence-electron chi connectivity index (χ1n) is 4.30. The minimum atomic E-state index is -1.03. The third-order valence-electron chi connectivity index (χ3n) is 1.79. The molecule has 0 fully saturated rings. The van der Waals surface area contributed by atoms with Crippen molar-refractivity contribution in [2.24, 2.45) is 5.41 Å². The third kappa shape index (κ3) is 5.47. The van der Waals surface area contributed by atoms with Crippen molar-refractivity contribution in [3.05, 3.63) is 0 Å². The molecule has 0 heterocycles. The molecule has 0 radical (unpaired) electrons. The summed E-state index contributed by atoms with van der Waals surface area (Å²) in [7, 11) is 0. The maximum atomic E-state index is 10.4. The van der Waals surface area contributed by atoms with Gasteiger partial charge >= 0.3 is 6.09 Å². The van der Waals surface area contributed by atoms with E-state index in [-0.39, 0.29) is 12.0 Å². The van der Waals surface area contributed by atoms with Crippen LogP contribution in [0.25, 0.3) is 0 Å². The van der Waals surface area contributed by atoms with Crippen LogP contribution in [0.4, 0.5) is 4.79 Å². The van der Waals surface area contributed by atoms with E-state index in [0.717, 1.165) is 0 Å². The lowest BCUT2D eigenvalue weighted by Crippen LogP contribution is -2.46. The molecule has 0 aliphatic rings. The lowest BCUT2D eigenvalue weighted by atomic mass is 9.81. The molecule has 0 bridgehead atoms. The molecule has 0 aromatic heterocycles. The van der Waals surface area contributed by atoms with E-state index in [4.69, 9.17) is 10.2 Å². The molecule has 0 saturated heterocycles. The van der Waals surface area contributed by atoms with E-state index < -0.39 is 11.6 Å². The lowest BCUT2D eigenvalue weighted by molar-refractivity contribution is 0.113. The second kappa shape index (κ2) is 3.96. The SMILES string of the molecule is CC(C)(CO)CC(C)(C)NC(=O)O. The molecule has 4 nitrogen and oxygen atoms in total. The van der Waals surface area contributed by atoms with Gasteiger partial charge in [0.25, 0.3) is 0 Å². The quantitative estimate of drug-likeness (QED) is 0.626. The van der Waals surface area contributed by atoms with Crippen LogP contribution in [0.5, 0.6) is 0 Å². The molecule has 0 aliphatic heterocycles. The van der Waals surface area contributed by atoms with Gasteiger partial charge in [0.2, 0.25) is 0 Å². The summed E-state index contributed by atoms with van der Waals surface area (Å²) >= 11 is 0. The second-order valence-electron chi connectivity index (χ2n) is 4.81. The van der Waals surface area contributed by atoms with Gasteiger partial charge in [0.05, 0.1) is 0 Å². The Bertz CT molecular complexity index is 187. The molecule has 13 heavy (non-hydrogen) atoms. The molecule has 0 saturated carbocycles. The topological polar surface area (TPSA) is 69.6 Å². The Morgan fingerprint density at radius 2 is 1.77 bits per heavy atom. The largest absolute Gasteiger partial charge is 0.465 e. The summed E-state index contributed by atoms with van der Waals surface area (Å²) in [5, 5.41) is 20.0. The molecule has 0 spiro atoms. The van der Waals surface area contributed by atoms with Crippen LogP contribution in [0.3, 0.4) is 0 Å². The van der Waals surface area contributed by atoms with E-state index in [0.29, 0.717) is 6.42 Å². The van der Waals surface area contributed by atoms with Crippen LogP contribution in [0.2, 0.25) is 0 Å². The van der Waals surface area contributed by atoms with E-state index in [1.165, 1.54) is 0 Å². The van der Waals surface area contributed by atoms with Gasteiger partial charge < -0.3 is 15.5 Å². The highest BCUT2D eigenvalue weighted by Crippen LogP contribution is 2.26. The molecule has 0 aromatic carbocycles. The van der Waals surface area contributed by atoms with Gasteiger partial charge in [0.1, 0.15) is 0 Å². The van der Waals surface area contributed by atoms with Gasteiger partial charge in [-0.05, 0) is 25.7 Å². The monoisotopic (exact) mass is 189 g/mol. The van der Waals surface area contributed by atoms with Gasteiger partial charge in [-0.3, -0.25) is 0 Å². The molecule has 0 aromatic rings. The summed E-state index contributed by atoms with van der Waals surface area (Å²) in [6.07, 6.45) is -0.429. The smallest absolute Gasteiger partial charge is 0.405 e. The highest BCUT2D eigenvalue weighted by Gasteiger charge is 2.29. The highest BCUT2D eigenvalue weighted by atomic mass is 16.4. The first-order valence-corrected chi connectivity index (χ1v) is 4.30. The Morgan fingerprint density at radius 3 is 2.08 bits per heavy atom. The maximum absolute atomic E-state index is 10.4. The normalized spacial score (nSPS) is 12.7. The van der Waals surface area contributed by atoms with Crippen molar-refractivity contribution in [3.8, 4) is 0 Å². The number of hydrogen-bond acceptors (Lipinski definition) is 2.